The van der Waals surface area contributed by atoms with E-state index in [-0.39, 0.29) is 5.49 Å². The van der Waals surface area contributed by atoms with Gasteiger partial charge in [-0.05, 0) is 36.4 Å². The Morgan fingerprint density at radius 3 is 2.56 bits per heavy atom. The molecule has 0 fully saturated rings. The van der Waals surface area contributed by atoms with Crippen LogP contribution >= 0.6 is 42.6 Å². The Morgan fingerprint density at radius 1 is 1.16 bits per heavy atom. The molecule has 1 aromatic heterocycles. The van der Waals surface area contributed by atoms with Crippen LogP contribution in [0.1, 0.15) is 11.1 Å². The van der Waals surface area contributed by atoms with E-state index in [0.717, 1.165) is 17.3 Å². The van der Waals surface area contributed by atoms with E-state index in [1.807, 2.05) is 12.1 Å². The zero-order chi connectivity index (χ0) is 18.0. The molecule has 0 radical (unpaired) electrons. The summed E-state index contributed by atoms with van der Waals surface area (Å²) in [5.74, 6) is 6.00. The van der Waals surface area contributed by atoms with Crippen molar-refractivity contribution in [3.05, 3.63) is 57.6 Å². The lowest BCUT2D eigenvalue weighted by Gasteiger charge is -1.99. The average Bonchev–Trinajstić information content (AvgIpc) is 2.93. The van der Waals surface area contributed by atoms with Gasteiger partial charge in [0, 0.05) is 16.1 Å². The molecule has 3 N–H and O–H groups in total. The summed E-state index contributed by atoms with van der Waals surface area (Å²) in [6.45, 7) is 0. The van der Waals surface area contributed by atoms with Crippen LogP contribution < -0.4 is 0 Å². The summed E-state index contributed by atoms with van der Waals surface area (Å²) in [6, 6.07) is 10.6. The largest absolute Gasteiger partial charge is 0.335 e. The molecule has 0 bridgehead atoms. The normalized spacial score (nSPS) is 11.4. The van der Waals surface area contributed by atoms with Crippen molar-refractivity contribution in [3.8, 4) is 11.8 Å². The van der Waals surface area contributed by atoms with Gasteiger partial charge < -0.3 is 14.8 Å². The lowest BCUT2D eigenvalue weighted by molar-refractivity contribution is 0.379. The highest BCUT2D eigenvalue weighted by atomic mass is 35.5. The maximum Gasteiger partial charge on any atom is 0.335 e. The lowest BCUT2D eigenvalue weighted by Crippen LogP contribution is -1.83. The molecule has 3 rings (SSSR count). The lowest BCUT2D eigenvalue weighted by atomic mass is 10.1. The number of nitrogens with one attached hydrogen (secondary N) is 1. The number of benzene rings is 2. The van der Waals surface area contributed by atoms with Crippen molar-refractivity contribution in [2.24, 2.45) is 0 Å². The molecular weight excluding hydrogens is 402 g/mol. The van der Waals surface area contributed by atoms with Gasteiger partial charge >= 0.3 is 7.60 Å². The van der Waals surface area contributed by atoms with Crippen molar-refractivity contribution in [3.63, 3.8) is 0 Å². The highest BCUT2D eigenvalue weighted by molar-refractivity contribution is 8.04. The number of aromatic nitrogens is 2. The first kappa shape index (κ1) is 18.3. The molecule has 0 amide bonds. The molecular formula is C16H11Cl2N2O3PS. The Balaban J connectivity index is 1.88. The van der Waals surface area contributed by atoms with Crippen molar-refractivity contribution < 1.29 is 14.4 Å². The van der Waals surface area contributed by atoms with Crippen LogP contribution in [0.3, 0.4) is 0 Å². The minimum Gasteiger partial charge on any atom is -0.333 e. The Bertz CT molecular complexity index is 1040. The number of hydrogen-bond acceptors (Lipinski definition) is 3. The highest BCUT2D eigenvalue weighted by Crippen LogP contribution is 2.40. The molecule has 5 nitrogen and oxygen atoms in total. The monoisotopic (exact) mass is 412 g/mol. The Hall–Kier alpha value is -1.45. The average molecular weight is 413 g/mol. The van der Waals surface area contributed by atoms with E-state index in [4.69, 9.17) is 33.0 Å². The van der Waals surface area contributed by atoms with E-state index < -0.39 is 7.60 Å². The Morgan fingerprint density at radius 2 is 1.88 bits per heavy atom. The van der Waals surface area contributed by atoms with E-state index in [0.29, 0.717) is 31.8 Å². The fourth-order valence-corrected chi connectivity index (χ4v) is 3.83. The van der Waals surface area contributed by atoms with E-state index in [1.54, 1.807) is 24.3 Å². The van der Waals surface area contributed by atoms with Crippen LogP contribution in [0.2, 0.25) is 10.0 Å². The van der Waals surface area contributed by atoms with Gasteiger partial charge in [0.1, 0.15) is 5.49 Å². The maximum atomic E-state index is 11.0. The number of H-pyrrole nitrogens is 1. The second-order valence-electron chi connectivity index (χ2n) is 5.09. The van der Waals surface area contributed by atoms with Crippen LogP contribution in [0.4, 0.5) is 0 Å². The molecule has 1 heterocycles. The first-order valence-electron chi connectivity index (χ1n) is 6.94. The smallest absolute Gasteiger partial charge is 0.333 e. The number of hydrogen-bond donors (Lipinski definition) is 3. The molecule has 0 aliphatic carbocycles. The van der Waals surface area contributed by atoms with Crippen LogP contribution in [0.15, 0.2) is 41.6 Å². The topological polar surface area (TPSA) is 86.2 Å². The molecule has 0 aliphatic rings. The molecule has 0 unspecified atom stereocenters. The summed E-state index contributed by atoms with van der Waals surface area (Å²) in [5.41, 5.74) is 2.37. The summed E-state index contributed by atoms with van der Waals surface area (Å²) < 4.78 is 11.0. The quantitative estimate of drug-likeness (QED) is 0.335. The van der Waals surface area contributed by atoms with Crippen LogP contribution in [0.5, 0.6) is 0 Å². The molecule has 0 aliphatic heterocycles. The predicted molar refractivity (Wildman–Crippen MR) is 101 cm³/mol. The molecule has 0 spiro atoms. The standard InChI is InChI=1S/C16H11Cl2N2O3PS/c17-12-5-2-10(3-6-12)1-4-11-7-14-15(8-13(11)18)20-16(19-14)25-9-24(21,22)23/h2-3,5-8H,9H2,(H,19,20)(H2,21,22,23). The zero-order valence-corrected chi connectivity index (χ0v) is 15.8. The SMILES string of the molecule is O=P(O)(O)CSc1nc2cc(C#Cc3ccc(Cl)cc3)c(Cl)cc2[nH]1. The van der Waals surface area contributed by atoms with Gasteiger partial charge in [0.15, 0.2) is 5.16 Å². The second kappa shape index (κ2) is 7.43. The first-order chi connectivity index (χ1) is 11.8. The minimum absolute atomic E-state index is 0.343. The molecule has 0 saturated heterocycles. The molecule has 0 atom stereocenters. The van der Waals surface area contributed by atoms with Crippen LogP contribution in [0, 0.1) is 11.8 Å². The number of nitrogens with zero attached hydrogens (tertiary/aromatic N) is 1. The maximum absolute atomic E-state index is 11.0. The Kier molecular flexibility index (Phi) is 5.45. The number of imidazole rings is 1. The second-order valence-corrected chi connectivity index (χ2v) is 8.97. The van der Waals surface area contributed by atoms with Crippen LogP contribution in [-0.2, 0) is 4.57 Å². The van der Waals surface area contributed by atoms with Crippen LogP contribution in [-0.4, -0.2) is 25.2 Å². The van der Waals surface area contributed by atoms with Crippen LogP contribution in [0.25, 0.3) is 11.0 Å². The summed E-state index contributed by atoms with van der Waals surface area (Å²) >= 11 is 13.0. The van der Waals surface area contributed by atoms with E-state index in [1.165, 1.54) is 0 Å². The molecule has 25 heavy (non-hydrogen) atoms. The van der Waals surface area contributed by atoms with Crippen molar-refractivity contribution in [2.75, 3.05) is 5.49 Å². The number of rotatable bonds is 3. The predicted octanol–water partition coefficient (Wildman–Crippen LogP) is 4.50. The van der Waals surface area contributed by atoms with Gasteiger partial charge in [0.05, 0.1) is 16.1 Å². The molecule has 0 saturated carbocycles. The molecule has 2 aromatic carbocycles. The summed E-state index contributed by atoms with van der Waals surface area (Å²) in [4.78, 5) is 25.2. The van der Waals surface area contributed by atoms with Crippen molar-refractivity contribution >= 4 is 53.6 Å². The number of thioether (sulfide) groups is 1. The summed E-state index contributed by atoms with van der Waals surface area (Å²) in [5, 5.41) is 1.52. The number of aromatic amines is 1. The van der Waals surface area contributed by atoms with Gasteiger partial charge in [-0.3, -0.25) is 4.57 Å². The number of fused-ring (bicyclic) bond motifs is 1. The summed E-state index contributed by atoms with van der Waals surface area (Å²) in [6.07, 6.45) is 0. The third-order valence-corrected chi connectivity index (χ3v) is 6.00. The highest BCUT2D eigenvalue weighted by Gasteiger charge is 2.15. The van der Waals surface area contributed by atoms with Gasteiger partial charge in [-0.25, -0.2) is 4.98 Å². The van der Waals surface area contributed by atoms with Gasteiger partial charge in [-0.1, -0.05) is 46.8 Å². The van der Waals surface area contributed by atoms with Gasteiger partial charge in [0.25, 0.3) is 0 Å². The van der Waals surface area contributed by atoms with Gasteiger partial charge in [-0.15, -0.1) is 0 Å². The van der Waals surface area contributed by atoms with Gasteiger partial charge in [-0.2, -0.15) is 0 Å². The van der Waals surface area contributed by atoms with E-state index in [2.05, 4.69) is 21.8 Å². The minimum atomic E-state index is -4.10. The third-order valence-electron chi connectivity index (χ3n) is 3.10. The van der Waals surface area contributed by atoms with Crippen molar-refractivity contribution in [1.29, 1.82) is 0 Å². The molecule has 3 aromatic rings. The van der Waals surface area contributed by atoms with Crippen molar-refractivity contribution in [1.82, 2.24) is 9.97 Å². The van der Waals surface area contributed by atoms with Crippen molar-refractivity contribution in [2.45, 2.75) is 5.16 Å². The first-order valence-corrected chi connectivity index (χ1v) is 10.5. The fourth-order valence-electron chi connectivity index (χ4n) is 1.99. The fraction of sp³-hybridized carbons (Fsp3) is 0.0625. The molecule has 9 heteroatoms. The van der Waals surface area contributed by atoms with E-state index in [9.17, 15) is 4.57 Å². The molecule has 128 valence electrons. The zero-order valence-electron chi connectivity index (χ0n) is 12.5. The number of halogens is 2. The Labute approximate surface area is 157 Å². The summed E-state index contributed by atoms with van der Waals surface area (Å²) in [7, 11) is -4.10. The van der Waals surface area contributed by atoms with Gasteiger partial charge in [0.2, 0.25) is 0 Å². The van der Waals surface area contributed by atoms with E-state index >= 15 is 0 Å². The third kappa shape index (κ3) is 5.02.